The second-order valence-corrected chi connectivity index (χ2v) is 4.28. The molecular formula is C13H8ClN3O3. The molecule has 0 aliphatic rings. The van der Waals surface area contributed by atoms with Gasteiger partial charge in [0.05, 0.1) is 6.20 Å². The van der Waals surface area contributed by atoms with Crippen LogP contribution in [0.4, 0.5) is 0 Å². The number of hydrogen-bond acceptors (Lipinski definition) is 5. The molecule has 0 aliphatic heterocycles. The molecule has 100 valence electrons. The van der Waals surface area contributed by atoms with Gasteiger partial charge in [0.1, 0.15) is 0 Å². The summed E-state index contributed by atoms with van der Waals surface area (Å²) in [4.78, 5) is 15.9. The second-order valence-electron chi connectivity index (χ2n) is 3.85. The van der Waals surface area contributed by atoms with E-state index < -0.39 is 5.97 Å². The Balaban J connectivity index is 1.90. The topological polar surface area (TPSA) is 81.0 Å². The number of H-pyrrole nitrogens is 1. The van der Waals surface area contributed by atoms with Gasteiger partial charge in [-0.1, -0.05) is 11.6 Å². The summed E-state index contributed by atoms with van der Waals surface area (Å²) < 4.78 is 10.3. The average Bonchev–Trinajstić information content (AvgIpc) is 3.10. The molecule has 0 saturated heterocycles. The highest BCUT2D eigenvalue weighted by atomic mass is 35.5. The van der Waals surface area contributed by atoms with E-state index in [0.29, 0.717) is 16.3 Å². The predicted octanol–water partition coefficient (Wildman–Crippen LogP) is 2.94. The first-order valence-corrected chi connectivity index (χ1v) is 6.03. The number of nitrogens with zero attached hydrogens (tertiary/aromatic N) is 2. The number of aromatic nitrogens is 3. The van der Waals surface area contributed by atoms with Gasteiger partial charge in [-0.25, -0.2) is 14.9 Å². The van der Waals surface area contributed by atoms with Crippen molar-refractivity contribution in [1.82, 2.24) is 15.2 Å². The van der Waals surface area contributed by atoms with Gasteiger partial charge in [-0.05, 0) is 24.3 Å². The molecule has 20 heavy (non-hydrogen) atoms. The van der Waals surface area contributed by atoms with Crippen LogP contribution in [0.1, 0.15) is 10.5 Å². The molecule has 0 bridgehead atoms. The van der Waals surface area contributed by atoms with Crippen LogP contribution in [-0.4, -0.2) is 21.2 Å². The highest BCUT2D eigenvalue weighted by molar-refractivity contribution is 6.30. The number of benzene rings is 1. The molecule has 3 rings (SSSR count). The van der Waals surface area contributed by atoms with Crippen LogP contribution in [0.25, 0.3) is 11.3 Å². The Morgan fingerprint density at radius 2 is 2.05 bits per heavy atom. The molecule has 0 atom stereocenters. The Kier molecular flexibility index (Phi) is 3.22. The smallest absolute Gasteiger partial charge is 0.367 e. The minimum absolute atomic E-state index is 0.0851. The van der Waals surface area contributed by atoms with Crippen LogP contribution >= 0.6 is 11.6 Å². The van der Waals surface area contributed by atoms with Crippen LogP contribution < -0.4 is 4.74 Å². The maximum atomic E-state index is 12.0. The molecule has 0 amide bonds. The van der Waals surface area contributed by atoms with E-state index >= 15 is 0 Å². The maximum Gasteiger partial charge on any atom is 0.367 e. The molecule has 6 nitrogen and oxygen atoms in total. The van der Waals surface area contributed by atoms with Gasteiger partial charge in [0.2, 0.25) is 5.88 Å². The Bertz CT molecular complexity index is 720. The number of hydrogen-bond donors (Lipinski definition) is 1. The van der Waals surface area contributed by atoms with Gasteiger partial charge in [-0.15, -0.1) is 0 Å². The average molecular weight is 290 g/mol. The van der Waals surface area contributed by atoms with E-state index in [1.807, 2.05) is 0 Å². The van der Waals surface area contributed by atoms with Crippen molar-refractivity contribution in [3.8, 4) is 17.2 Å². The largest absolute Gasteiger partial charge is 0.443 e. The SMILES string of the molecule is O=C(Oc1ccn[nH]1)c1ncoc1-c1ccc(Cl)cc1. The van der Waals surface area contributed by atoms with E-state index in [4.69, 9.17) is 20.8 Å². The van der Waals surface area contributed by atoms with Crippen molar-refractivity contribution in [2.45, 2.75) is 0 Å². The number of carbonyl (C=O) groups is 1. The molecule has 3 aromatic rings. The number of nitrogens with one attached hydrogen (secondary N) is 1. The molecule has 1 aromatic carbocycles. The van der Waals surface area contributed by atoms with Crippen LogP contribution in [0.3, 0.4) is 0 Å². The molecule has 0 unspecified atom stereocenters. The fraction of sp³-hybridized carbons (Fsp3) is 0. The van der Waals surface area contributed by atoms with Gasteiger partial charge in [0.25, 0.3) is 0 Å². The first-order chi connectivity index (χ1) is 9.74. The molecular weight excluding hydrogens is 282 g/mol. The van der Waals surface area contributed by atoms with Gasteiger partial charge in [0, 0.05) is 16.7 Å². The van der Waals surface area contributed by atoms with Crippen molar-refractivity contribution in [1.29, 1.82) is 0 Å². The number of aromatic amines is 1. The first-order valence-electron chi connectivity index (χ1n) is 5.65. The summed E-state index contributed by atoms with van der Waals surface area (Å²) in [7, 11) is 0. The Labute approximate surface area is 118 Å². The van der Waals surface area contributed by atoms with Gasteiger partial charge in [0.15, 0.2) is 17.8 Å². The third-order valence-corrected chi connectivity index (χ3v) is 2.80. The van der Waals surface area contributed by atoms with Crippen LogP contribution in [0.5, 0.6) is 5.88 Å². The summed E-state index contributed by atoms with van der Waals surface area (Å²) >= 11 is 5.82. The molecule has 0 saturated carbocycles. The van der Waals surface area contributed by atoms with Crippen molar-refractivity contribution in [2.75, 3.05) is 0 Å². The lowest BCUT2D eigenvalue weighted by molar-refractivity contribution is 0.0722. The molecule has 0 fully saturated rings. The summed E-state index contributed by atoms with van der Waals surface area (Å²) in [5, 5.41) is 6.81. The minimum Gasteiger partial charge on any atom is -0.443 e. The minimum atomic E-state index is -0.632. The molecule has 0 radical (unpaired) electrons. The number of esters is 1. The molecule has 2 aromatic heterocycles. The molecule has 1 N–H and O–H groups in total. The van der Waals surface area contributed by atoms with Gasteiger partial charge in [-0.2, -0.15) is 5.10 Å². The summed E-state index contributed by atoms with van der Waals surface area (Å²) in [5.74, 6) is -0.0702. The fourth-order valence-corrected chi connectivity index (χ4v) is 1.77. The monoisotopic (exact) mass is 289 g/mol. The lowest BCUT2D eigenvalue weighted by Crippen LogP contribution is -2.10. The lowest BCUT2D eigenvalue weighted by atomic mass is 10.1. The lowest BCUT2D eigenvalue weighted by Gasteiger charge is -2.01. The van der Waals surface area contributed by atoms with Crippen LogP contribution in [0.15, 0.2) is 47.3 Å². The highest BCUT2D eigenvalue weighted by Gasteiger charge is 2.20. The molecule has 2 heterocycles. The fourth-order valence-electron chi connectivity index (χ4n) is 1.65. The number of ether oxygens (including phenoxy) is 1. The van der Waals surface area contributed by atoms with Crippen molar-refractivity contribution >= 4 is 17.6 Å². The molecule has 0 aliphatic carbocycles. The summed E-state index contributed by atoms with van der Waals surface area (Å²) in [6.45, 7) is 0. The summed E-state index contributed by atoms with van der Waals surface area (Å²) in [6.07, 6.45) is 2.67. The Morgan fingerprint density at radius 3 is 2.75 bits per heavy atom. The van der Waals surface area contributed by atoms with Crippen molar-refractivity contribution in [2.24, 2.45) is 0 Å². The Morgan fingerprint density at radius 1 is 1.25 bits per heavy atom. The number of carbonyl (C=O) groups excluding carboxylic acids is 1. The van der Waals surface area contributed by atoms with E-state index in [1.54, 1.807) is 24.3 Å². The van der Waals surface area contributed by atoms with Crippen molar-refractivity contribution < 1.29 is 13.9 Å². The zero-order valence-corrected chi connectivity index (χ0v) is 10.8. The first kappa shape index (κ1) is 12.4. The zero-order valence-electron chi connectivity index (χ0n) is 10.0. The predicted molar refractivity (Wildman–Crippen MR) is 70.5 cm³/mol. The van der Waals surface area contributed by atoms with Gasteiger partial charge in [-0.3, -0.25) is 0 Å². The third kappa shape index (κ3) is 2.41. The van der Waals surface area contributed by atoms with Crippen LogP contribution in [0, 0.1) is 0 Å². The van der Waals surface area contributed by atoms with Crippen LogP contribution in [0.2, 0.25) is 5.02 Å². The third-order valence-electron chi connectivity index (χ3n) is 2.55. The second kappa shape index (κ2) is 5.18. The van der Waals surface area contributed by atoms with Crippen molar-refractivity contribution in [3.05, 3.63) is 53.6 Å². The molecule has 7 heteroatoms. The van der Waals surface area contributed by atoms with Crippen LogP contribution in [-0.2, 0) is 0 Å². The molecule has 0 spiro atoms. The zero-order chi connectivity index (χ0) is 13.9. The number of rotatable bonds is 3. The normalized spacial score (nSPS) is 10.4. The quantitative estimate of drug-likeness (QED) is 0.750. The summed E-state index contributed by atoms with van der Waals surface area (Å²) in [5.41, 5.74) is 0.769. The van der Waals surface area contributed by atoms with Gasteiger partial charge >= 0.3 is 5.97 Å². The Hall–Kier alpha value is -2.60. The van der Waals surface area contributed by atoms with E-state index in [1.165, 1.54) is 18.7 Å². The highest BCUT2D eigenvalue weighted by Crippen LogP contribution is 2.25. The number of halogens is 1. The van der Waals surface area contributed by atoms with Crippen molar-refractivity contribution in [3.63, 3.8) is 0 Å². The standard InChI is InChI=1S/C13H8ClN3O3/c14-9-3-1-8(2-4-9)12-11(15-7-19-12)13(18)20-10-5-6-16-17-10/h1-7H,(H,16,17). The van der Waals surface area contributed by atoms with E-state index in [2.05, 4.69) is 15.2 Å². The van der Waals surface area contributed by atoms with E-state index in [9.17, 15) is 4.79 Å². The van der Waals surface area contributed by atoms with E-state index in [-0.39, 0.29) is 11.6 Å². The maximum absolute atomic E-state index is 12.0. The summed E-state index contributed by atoms with van der Waals surface area (Å²) in [6, 6.07) is 8.39. The number of oxazole rings is 1. The van der Waals surface area contributed by atoms with Gasteiger partial charge < -0.3 is 9.15 Å². The van der Waals surface area contributed by atoms with E-state index in [0.717, 1.165) is 0 Å².